The number of nitrogens with one attached hydrogen (secondary N) is 1. The highest BCUT2D eigenvalue weighted by molar-refractivity contribution is 6.30. The molecular formula is C23H19ClN6O3. The van der Waals surface area contributed by atoms with Crippen LogP contribution in [0.3, 0.4) is 0 Å². The molecule has 0 saturated carbocycles. The minimum atomic E-state index is -0.274. The molecule has 2 N–H and O–H groups in total. The van der Waals surface area contributed by atoms with Crippen molar-refractivity contribution < 1.29 is 14.6 Å². The Balaban J connectivity index is 1.60. The van der Waals surface area contributed by atoms with Gasteiger partial charge in [0.15, 0.2) is 11.5 Å². The monoisotopic (exact) mass is 462 g/mol. The molecule has 2 aromatic carbocycles. The first kappa shape index (κ1) is 20.9. The maximum atomic E-state index is 12.6. The summed E-state index contributed by atoms with van der Waals surface area (Å²) in [4.78, 5) is 17.2. The Morgan fingerprint density at radius 1 is 1.21 bits per heavy atom. The van der Waals surface area contributed by atoms with Gasteiger partial charge in [-0.1, -0.05) is 29.8 Å². The normalized spacial score (nSPS) is 15.1. The molecule has 3 heterocycles. The molecule has 0 unspecified atom stereocenters. The summed E-state index contributed by atoms with van der Waals surface area (Å²) in [5.41, 5.74) is 3.83. The fourth-order valence-corrected chi connectivity index (χ4v) is 4.16. The van der Waals surface area contributed by atoms with Crippen LogP contribution < -0.4 is 10.1 Å². The molecule has 9 nitrogen and oxygen atoms in total. The molecule has 1 aliphatic rings. The first-order chi connectivity index (χ1) is 15.9. The average Bonchev–Trinajstić information content (AvgIpc) is 3.15. The maximum absolute atomic E-state index is 12.6. The van der Waals surface area contributed by atoms with Gasteiger partial charge in [0.05, 0.1) is 24.7 Å². The molecule has 5 rings (SSSR count). The minimum absolute atomic E-state index is 0.0349. The first-order valence-corrected chi connectivity index (χ1v) is 10.5. The molecule has 0 saturated heterocycles. The van der Waals surface area contributed by atoms with Crippen LogP contribution in [-0.4, -0.2) is 43.1 Å². The fraction of sp³-hybridized carbons (Fsp3) is 0.174. The Morgan fingerprint density at radius 2 is 2.00 bits per heavy atom. The molecule has 0 aliphatic carbocycles. The number of anilines is 1. The highest BCUT2D eigenvalue weighted by atomic mass is 35.5. The van der Waals surface area contributed by atoms with Crippen LogP contribution in [0.1, 0.15) is 29.2 Å². The number of phenolic OH excluding ortho intramolecular Hbond substituents is 1. The lowest BCUT2D eigenvalue weighted by Crippen LogP contribution is -2.25. The van der Waals surface area contributed by atoms with Crippen LogP contribution in [0.5, 0.6) is 11.5 Å². The number of hydrogen-bond donors (Lipinski definition) is 2. The van der Waals surface area contributed by atoms with E-state index in [-0.39, 0.29) is 29.9 Å². The zero-order chi connectivity index (χ0) is 23.1. The number of hydrogen-bond acceptors (Lipinski definition) is 7. The van der Waals surface area contributed by atoms with E-state index in [0.29, 0.717) is 22.3 Å². The molecule has 2 aromatic heterocycles. The van der Waals surface area contributed by atoms with Crippen molar-refractivity contribution >= 4 is 23.3 Å². The second kappa shape index (κ2) is 8.18. The number of aromatic hydroxyl groups is 1. The van der Waals surface area contributed by atoms with Gasteiger partial charge in [0.2, 0.25) is 5.91 Å². The lowest BCUT2D eigenvalue weighted by molar-refractivity contribution is -0.116. The minimum Gasteiger partial charge on any atom is -0.504 e. The lowest BCUT2D eigenvalue weighted by atomic mass is 9.85. The van der Waals surface area contributed by atoms with Gasteiger partial charge in [-0.15, -0.1) is 5.10 Å². The van der Waals surface area contributed by atoms with Gasteiger partial charge in [0.25, 0.3) is 5.95 Å². The van der Waals surface area contributed by atoms with Crippen molar-refractivity contribution in [3.63, 3.8) is 0 Å². The van der Waals surface area contributed by atoms with E-state index in [0.717, 1.165) is 22.4 Å². The highest BCUT2D eigenvalue weighted by Gasteiger charge is 2.33. The molecule has 0 spiro atoms. The molecule has 1 atom stereocenters. The van der Waals surface area contributed by atoms with Crippen LogP contribution >= 0.6 is 11.6 Å². The van der Waals surface area contributed by atoms with Crippen LogP contribution in [0, 0.1) is 6.92 Å². The van der Waals surface area contributed by atoms with Crippen molar-refractivity contribution in [1.29, 1.82) is 0 Å². The number of carbonyl (C=O) groups is 1. The van der Waals surface area contributed by atoms with Crippen molar-refractivity contribution in [1.82, 2.24) is 25.0 Å². The standard InChI is InChI=1S/C23H19ClN6O3/c1-12-21-16(14-5-8-18(31)19(9-14)33-2)10-20(32)27-22(21)30(29-12)23-26-17(11-25-28-23)13-3-6-15(24)7-4-13/h3-9,11,16,31H,10H2,1-2H3,(H,27,32)/t16-/m0/s1. The number of carbonyl (C=O) groups excluding carboxylic acids is 1. The van der Waals surface area contributed by atoms with Gasteiger partial charge < -0.3 is 15.2 Å². The highest BCUT2D eigenvalue weighted by Crippen LogP contribution is 2.42. The Kier molecular flexibility index (Phi) is 5.18. The summed E-state index contributed by atoms with van der Waals surface area (Å²) in [6.45, 7) is 1.87. The van der Waals surface area contributed by atoms with E-state index in [9.17, 15) is 9.90 Å². The Bertz CT molecular complexity index is 1370. The molecule has 1 amide bonds. The SMILES string of the molecule is COc1cc([C@@H]2CC(=O)Nc3c2c(C)nn3-c2nncc(-c3ccc(Cl)cc3)n2)ccc1O. The molecule has 4 aromatic rings. The van der Waals surface area contributed by atoms with Gasteiger partial charge in [-0.3, -0.25) is 4.79 Å². The third-order valence-electron chi connectivity index (χ3n) is 5.59. The molecule has 0 fully saturated rings. The van der Waals surface area contributed by atoms with Gasteiger partial charge in [-0.2, -0.15) is 14.9 Å². The van der Waals surface area contributed by atoms with Crippen molar-refractivity contribution in [3.05, 3.63) is 70.5 Å². The van der Waals surface area contributed by atoms with E-state index < -0.39 is 0 Å². The molecule has 0 bridgehead atoms. The number of aryl methyl sites for hydroxylation is 1. The van der Waals surface area contributed by atoms with E-state index >= 15 is 0 Å². The zero-order valence-corrected chi connectivity index (χ0v) is 18.5. The summed E-state index contributed by atoms with van der Waals surface area (Å²) in [6, 6.07) is 12.3. The Labute approximate surface area is 194 Å². The predicted octanol–water partition coefficient (Wildman–Crippen LogP) is 3.87. The van der Waals surface area contributed by atoms with Gasteiger partial charge in [0, 0.05) is 28.5 Å². The van der Waals surface area contributed by atoms with E-state index in [1.807, 2.05) is 19.1 Å². The van der Waals surface area contributed by atoms with Gasteiger partial charge in [0.1, 0.15) is 5.82 Å². The number of aromatic nitrogens is 5. The van der Waals surface area contributed by atoms with Crippen molar-refractivity contribution in [2.75, 3.05) is 12.4 Å². The fourth-order valence-electron chi connectivity index (χ4n) is 4.03. The molecule has 166 valence electrons. The van der Waals surface area contributed by atoms with Crippen molar-refractivity contribution in [2.45, 2.75) is 19.3 Å². The molecule has 33 heavy (non-hydrogen) atoms. The van der Waals surface area contributed by atoms with Crippen LogP contribution in [0.15, 0.2) is 48.7 Å². The van der Waals surface area contributed by atoms with Crippen LogP contribution in [-0.2, 0) is 4.79 Å². The summed E-state index contributed by atoms with van der Waals surface area (Å²) in [6.07, 6.45) is 1.79. The number of amides is 1. The first-order valence-electron chi connectivity index (χ1n) is 10.2. The third-order valence-corrected chi connectivity index (χ3v) is 5.84. The Hall–Kier alpha value is -3.98. The topological polar surface area (TPSA) is 115 Å². The summed E-state index contributed by atoms with van der Waals surface area (Å²) in [5, 5.41) is 26.3. The lowest BCUT2D eigenvalue weighted by Gasteiger charge is -2.24. The van der Waals surface area contributed by atoms with Crippen molar-refractivity contribution in [2.24, 2.45) is 0 Å². The number of ether oxygens (including phenoxy) is 1. The van der Waals surface area contributed by atoms with E-state index in [1.165, 1.54) is 11.8 Å². The van der Waals surface area contributed by atoms with Crippen LogP contribution in [0.4, 0.5) is 5.82 Å². The predicted molar refractivity (Wildman–Crippen MR) is 122 cm³/mol. The zero-order valence-electron chi connectivity index (χ0n) is 17.8. The second-order valence-electron chi connectivity index (χ2n) is 7.64. The number of halogens is 1. The van der Waals surface area contributed by atoms with Crippen LogP contribution in [0.2, 0.25) is 5.02 Å². The number of methoxy groups -OCH3 is 1. The number of benzene rings is 2. The second-order valence-corrected chi connectivity index (χ2v) is 8.08. The molecular weight excluding hydrogens is 444 g/mol. The van der Waals surface area contributed by atoms with E-state index in [4.69, 9.17) is 16.3 Å². The van der Waals surface area contributed by atoms with Gasteiger partial charge in [-0.05, 0) is 36.8 Å². The maximum Gasteiger partial charge on any atom is 0.272 e. The van der Waals surface area contributed by atoms with Crippen LogP contribution in [0.25, 0.3) is 17.2 Å². The average molecular weight is 463 g/mol. The molecule has 1 aliphatic heterocycles. The van der Waals surface area contributed by atoms with Gasteiger partial charge in [-0.25, -0.2) is 4.98 Å². The summed E-state index contributed by atoms with van der Waals surface area (Å²) in [5.74, 6) is 0.666. The smallest absolute Gasteiger partial charge is 0.272 e. The Morgan fingerprint density at radius 3 is 2.76 bits per heavy atom. The number of rotatable bonds is 4. The third kappa shape index (κ3) is 3.76. The quantitative estimate of drug-likeness (QED) is 0.473. The number of fused-ring (bicyclic) bond motifs is 1. The van der Waals surface area contributed by atoms with E-state index in [1.54, 1.807) is 36.5 Å². The molecule has 10 heteroatoms. The van der Waals surface area contributed by atoms with E-state index in [2.05, 4.69) is 25.6 Å². The summed E-state index contributed by atoms with van der Waals surface area (Å²) < 4.78 is 6.75. The number of nitrogens with zero attached hydrogens (tertiary/aromatic N) is 5. The molecule has 0 radical (unpaired) electrons. The van der Waals surface area contributed by atoms with Crippen molar-refractivity contribution in [3.8, 4) is 28.7 Å². The van der Waals surface area contributed by atoms with Gasteiger partial charge >= 0.3 is 0 Å². The largest absolute Gasteiger partial charge is 0.504 e. The summed E-state index contributed by atoms with van der Waals surface area (Å²) in [7, 11) is 1.49. The number of phenols is 1. The summed E-state index contributed by atoms with van der Waals surface area (Å²) >= 11 is 5.99.